The largest absolute Gasteiger partial charge is 0.508 e. The molecule has 2 rings (SSSR count). The zero-order valence-electron chi connectivity index (χ0n) is 9.39. The highest BCUT2D eigenvalue weighted by Crippen LogP contribution is 2.25. The van der Waals surface area contributed by atoms with Crippen molar-refractivity contribution in [2.45, 2.75) is 25.3 Å². The first-order chi connectivity index (χ1) is 8.20. The third kappa shape index (κ3) is 2.56. The molecule has 88 valence electrons. The molecule has 0 aromatic heterocycles. The number of nitriles is 1. The van der Waals surface area contributed by atoms with Crippen LogP contribution in [-0.4, -0.2) is 17.1 Å². The van der Waals surface area contributed by atoms with Crippen molar-refractivity contribution in [1.29, 1.82) is 5.26 Å². The fraction of sp³-hybridized carbons (Fsp3) is 0.385. The molecule has 1 aromatic carbocycles. The van der Waals surface area contributed by atoms with Gasteiger partial charge in [-0.05, 0) is 43.5 Å². The van der Waals surface area contributed by atoms with E-state index in [0.717, 1.165) is 19.3 Å². The molecule has 1 saturated carbocycles. The van der Waals surface area contributed by atoms with E-state index in [9.17, 15) is 4.79 Å². The molecule has 1 aliphatic carbocycles. The normalized spacial score (nSPS) is 23.0. The Balaban J connectivity index is 2.02. The molecular formula is C13H14N2O2. The quantitative estimate of drug-likeness (QED) is 0.813. The summed E-state index contributed by atoms with van der Waals surface area (Å²) >= 11 is 0. The minimum absolute atomic E-state index is 0.0405. The lowest BCUT2D eigenvalue weighted by atomic mass is 10.1. The number of hydrogen-bond acceptors (Lipinski definition) is 3. The van der Waals surface area contributed by atoms with Crippen LogP contribution >= 0.6 is 0 Å². The SMILES string of the molecule is N#CC1CCCC1NC(=O)c1ccc(O)cc1. The molecule has 0 saturated heterocycles. The van der Waals surface area contributed by atoms with Crippen molar-refractivity contribution in [1.82, 2.24) is 5.32 Å². The number of carbonyl (C=O) groups excluding carboxylic acids is 1. The summed E-state index contributed by atoms with van der Waals surface area (Å²) in [6.45, 7) is 0. The van der Waals surface area contributed by atoms with Crippen molar-refractivity contribution in [3.05, 3.63) is 29.8 Å². The van der Waals surface area contributed by atoms with E-state index in [4.69, 9.17) is 10.4 Å². The highest BCUT2D eigenvalue weighted by atomic mass is 16.3. The number of nitrogens with one attached hydrogen (secondary N) is 1. The molecule has 0 radical (unpaired) electrons. The third-order valence-electron chi connectivity index (χ3n) is 3.13. The fourth-order valence-electron chi connectivity index (χ4n) is 2.15. The summed E-state index contributed by atoms with van der Waals surface area (Å²) in [5, 5.41) is 20.9. The third-order valence-corrected chi connectivity index (χ3v) is 3.13. The van der Waals surface area contributed by atoms with Gasteiger partial charge in [0.15, 0.2) is 0 Å². The van der Waals surface area contributed by atoms with Gasteiger partial charge in [0.05, 0.1) is 12.0 Å². The molecule has 2 unspecified atom stereocenters. The summed E-state index contributed by atoms with van der Waals surface area (Å²) < 4.78 is 0. The highest BCUT2D eigenvalue weighted by molar-refractivity contribution is 5.94. The molecule has 17 heavy (non-hydrogen) atoms. The Labute approximate surface area is 99.9 Å². The topological polar surface area (TPSA) is 73.1 Å². The summed E-state index contributed by atoms with van der Waals surface area (Å²) in [5.41, 5.74) is 0.506. The highest BCUT2D eigenvalue weighted by Gasteiger charge is 2.28. The number of benzene rings is 1. The van der Waals surface area contributed by atoms with Crippen molar-refractivity contribution in [3.8, 4) is 11.8 Å². The van der Waals surface area contributed by atoms with Crippen LogP contribution in [0.5, 0.6) is 5.75 Å². The molecule has 4 heteroatoms. The van der Waals surface area contributed by atoms with Crippen molar-refractivity contribution < 1.29 is 9.90 Å². The second-order valence-electron chi connectivity index (χ2n) is 4.29. The Morgan fingerprint density at radius 1 is 1.35 bits per heavy atom. The van der Waals surface area contributed by atoms with Gasteiger partial charge < -0.3 is 10.4 Å². The minimum atomic E-state index is -0.183. The second kappa shape index (κ2) is 4.88. The fourth-order valence-corrected chi connectivity index (χ4v) is 2.15. The first-order valence-electron chi connectivity index (χ1n) is 5.70. The van der Waals surface area contributed by atoms with Gasteiger partial charge in [0.25, 0.3) is 5.91 Å². The molecule has 0 spiro atoms. The smallest absolute Gasteiger partial charge is 0.251 e. The van der Waals surface area contributed by atoms with E-state index in [1.54, 1.807) is 12.1 Å². The Bertz CT molecular complexity index is 447. The van der Waals surface area contributed by atoms with Crippen LogP contribution in [0.15, 0.2) is 24.3 Å². The number of amides is 1. The zero-order chi connectivity index (χ0) is 12.3. The van der Waals surface area contributed by atoms with E-state index < -0.39 is 0 Å². The molecule has 1 amide bonds. The predicted molar refractivity (Wildman–Crippen MR) is 62.3 cm³/mol. The number of hydrogen-bond donors (Lipinski definition) is 2. The van der Waals surface area contributed by atoms with Crippen LogP contribution in [0.25, 0.3) is 0 Å². The van der Waals surface area contributed by atoms with E-state index in [2.05, 4.69) is 11.4 Å². The number of nitrogens with zero attached hydrogens (tertiary/aromatic N) is 1. The number of aromatic hydroxyl groups is 1. The van der Waals surface area contributed by atoms with Gasteiger partial charge in [-0.1, -0.05) is 0 Å². The summed E-state index contributed by atoms with van der Waals surface area (Å²) in [7, 11) is 0. The van der Waals surface area contributed by atoms with Crippen LogP contribution in [0, 0.1) is 17.2 Å². The molecule has 0 bridgehead atoms. The van der Waals surface area contributed by atoms with Gasteiger partial charge in [-0.3, -0.25) is 4.79 Å². The van der Waals surface area contributed by atoms with E-state index >= 15 is 0 Å². The Kier molecular flexibility index (Phi) is 3.29. The van der Waals surface area contributed by atoms with Gasteiger partial charge in [0.1, 0.15) is 5.75 Å². The van der Waals surface area contributed by atoms with Crippen LogP contribution in [-0.2, 0) is 0 Å². The van der Waals surface area contributed by atoms with Crippen LogP contribution in [0.4, 0.5) is 0 Å². The van der Waals surface area contributed by atoms with Gasteiger partial charge in [0, 0.05) is 11.6 Å². The Morgan fingerprint density at radius 2 is 2.06 bits per heavy atom. The van der Waals surface area contributed by atoms with Crippen molar-refractivity contribution in [2.24, 2.45) is 5.92 Å². The summed E-state index contributed by atoms with van der Waals surface area (Å²) in [5.74, 6) is -0.120. The van der Waals surface area contributed by atoms with E-state index in [0.29, 0.717) is 5.56 Å². The molecule has 0 heterocycles. The molecule has 1 fully saturated rings. The van der Waals surface area contributed by atoms with Gasteiger partial charge in [-0.15, -0.1) is 0 Å². The first kappa shape index (κ1) is 11.5. The molecule has 4 nitrogen and oxygen atoms in total. The van der Waals surface area contributed by atoms with Crippen LogP contribution < -0.4 is 5.32 Å². The molecule has 1 aliphatic rings. The molecule has 0 aliphatic heterocycles. The van der Waals surface area contributed by atoms with Crippen molar-refractivity contribution in [3.63, 3.8) is 0 Å². The van der Waals surface area contributed by atoms with Crippen molar-refractivity contribution >= 4 is 5.91 Å². The zero-order valence-corrected chi connectivity index (χ0v) is 9.39. The number of phenolic OH excluding ortho intramolecular Hbond substituents is 1. The Morgan fingerprint density at radius 3 is 2.71 bits per heavy atom. The molecule has 2 atom stereocenters. The minimum Gasteiger partial charge on any atom is -0.508 e. The predicted octanol–water partition coefficient (Wildman–Crippen LogP) is 1.81. The standard InChI is InChI=1S/C13H14N2O2/c14-8-10-2-1-3-12(10)15-13(17)9-4-6-11(16)7-5-9/h4-7,10,12,16H,1-3H2,(H,15,17). The van der Waals surface area contributed by atoms with Crippen molar-refractivity contribution in [2.75, 3.05) is 0 Å². The van der Waals surface area contributed by atoms with Crippen LogP contribution in [0.1, 0.15) is 29.6 Å². The average molecular weight is 230 g/mol. The maximum absolute atomic E-state index is 11.9. The number of carbonyl (C=O) groups is 1. The van der Waals surface area contributed by atoms with Gasteiger partial charge in [-0.25, -0.2) is 0 Å². The summed E-state index contributed by atoms with van der Waals surface area (Å²) in [6, 6.07) is 8.28. The van der Waals surface area contributed by atoms with E-state index in [-0.39, 0.29) is 23.6 Å². The van der Waals surface area contributed by atoms with Gasteiger partial charge >= 0.3 is 0 Å². The monoisotopic (exact) mass is 230 g/mol. The number of rotatable bonds is 2. The summed E-state index contributed by atoms with van der Waals surface area (Å²) in [4.78, 5) is 11.9. The number of phenols is 1. The molecule has 2 N–H and O–H groups in total. The van der Waals surface area contributed by atoms with Gasteiger partial charge in [0.2, 0.25) is 0 Å². The Hall–Kier alpha value is -2.02. The van der Waals surface area contributed by atoms with Crippen LogP contribution in [0.3, 0.4) is 0 Å². The van der Waals surface area contributed by atoms with Gasteiger partial charge in [-0.2, -0.15) is 5.26 Å². The van der Waals surface area contributed by atoms with E-state index in [1.165, 1.54) is 12.1 Å². The maximum Gasteiger partial charge on any atom is 0.251 e. The first-order valence-corrected chi connectivity index (χ1v) is 5.70. The lowest BCUT2D eigenvalue weighted by molar-refractivity contribution is 0.0933. The molecular weight excluding hydrogens is 216 g/mol. The second-order valence-corrected chi connectivity index (χ2v) is 4.29. The average Bonchev–Trinajstić information content (AvgIpc) is 2.77. The maximum atomic E-state index is 11.9. The summed E-state index contributed by atoms with van der Waals surface area (Å²) in [6.07, 6.45) is 2.71. The van der Waals surface area contributed by atoms with E-state index in [1.807, 2.05) is 0 Å². The lowest BCUT2D eigenvalue weighted by Gasteiger charge is -2.15. The molecule has 1 aromatic rings. The van der Waals surface area contributed by atoms with Crippen LogP contribution in [0.2, 0.25) is 0 Å². The lowest BCUT2D eigenvalue weighted by Crippen LogP contribution is -2.36.